The quantitative estimate of drug-likeness (QED) is 0.459. The number of nitrogens with zero attached hydrogens (tertiary/aromatic N) is 4. The van der Waals surface area contributed by atoms with Gasteiger partial charge in [0.2, 0.25) is 0 Å². The summed E-state index contributed by atoms with van der Waals surface area (Å²) in [6, 6.07) is 12.4. The molecule has 2 heterocycles. The maximum atomic E-state index is 12.4. The topological polar surface area (TPSA) is 102 Å². The normalized spacial score (nSPS) is 11.7. The molecule has 8 nitrogen and oxygen atoms in total. The number of rotatable bonds is 7. The van der Waals surface area contributed by atoms with E-state index in [0.717, 1.165) is 24.4 Å². The lowest BCUT2D eigenvalue weighted by atomic mass is 10.2. The second-order valence-electron chi connectivity index (χ2n) is 6.26. The summed E-state index contributed by atoms with van der Waals surface area (Å²) < 4.78 is 1.99. The maximum Gasteiger partial charge on any atom is 0.269 e. The van der Waals surface area contributed by atoms with Crippen LogP contribution in [0.5, 0.6) is 0 Å². The lowest BCUT2D eigenvalue weighted by Crippen LogP contribution is -2.44. The molecule has 2 aromatic heterocycles. The maximum absolute atomic E-state index is 12.4. The van der Waals surface area contributed by atoms with Crippen molar-refractivity contribution in [1.29, 1.82) is 0 Å². The van der Waals surface area contributed by atoms with Gasteiger partial charge in [-0.05, 0) is 37.6 Å². The minimum atomic E-state index is -0.476. The average Bonchev–Trinajstić information content (AvgIpc) is 3.15. The minimum absolute atomic E-state index is 0.323. The molecule has 0 saturated carbocycles. The number of thioether (sulfide) groups is 1. The molecule has 150 valence electrons. The summed E-state index contributed by atoms with van der Waals surface area (Å²) in [5.74, 6) is 0.0443. The molecule has 2 amide bonds. The van der Waals surface area contributed by atoms with Gasteiger partial charge in [0.1, 0.15) is 0 Å². The van der Waals surface area contributed by atoms with Gasteiger partial charge in [0.15, 0.2) is 11.0 Å². The fraction of sp³-hybridized carbons (Fsp3) is 0.250. The first-order chi connectivity index (χ1) is 14.1. The van der Waals surface area contributed by atoms with Crippen molar-refractivity contribution < 1.29 is 9.59 Å². The van der Waals surface area contributed by atoms with Crippen molar-refractivity contribution >= 4 is 23.6 Å². The SMILES string of the molecule is CCCn1c(S[C@@H](C)C(=O)NNC(=O)c2ccccc2)nnc1-c1ccncc1. The van der Waals surface area contributed by atoms with Crippen molar-refractivity contribution in [1.82, 2.24) is 30.6 Å². The lowest BCUT2D eigenvalue weighted by Gasteiger charge is -2.14. The van der Waals surface area contributed by atoms with Gasteiger partial charge in [-0.2, -0.15) is 0 Å². The second-order valence-corrected chi connectivity index (χ2v) is 7.57. The Hall–Kier alpha value is -3.20. The van der Waals surface area contributed by atoms with E-state index in [1.807, 2.05) is 22.8 Å². The smallest absolute Gasteiger partial charge is 0.269 e. The van der Waals surface area contributed by atoms with Gasteiger partial charge in [-0.1, -0.05) is 36.9 Å². The third-order valence-electron chi connectivity index (χ3n) is 4.09. The monoisotopic (exact) mass is 410 g/mol. The predicted octanol–water partition coefficient (Wildman–Crippen LogP) is 2.69. The molecule has 0 fully saturated rings. The highest BCUT2D eigenvalue weighted by Gasteiger charge is 2.21. The molecule has 0 aliphatic carbocycles. The molecular formula is C20H22N6O2S. The Labute approximate surface area is 173 Å². The number of hydrazine groups is 1. The molecule has 0 unspecified atom stereocenters. The third kappa shape index (κ3) is 5.20. The molecule has 1 atom stereocenters. The van der Waals surface area contributed by atoms with E-state index in [-0.39, 0.29) is 11.8 Å². The summed E-state index contributed by atoms with van der Waals surface area (Å²) in [5, 5.41) is 8.73. The van der Waals surface area contributed by atoms with E-state index in [0.29, 0.717) is 10.7 Å². The number of nitrogens with one attached hydrogen (secondary N) is 2. The number of carbonyl (C=O) groups is 2. The van der Waals surface area contributed by atoms with Crippen molar-refractivity contribution in [3.63, 3.8) is 0 Å². The van der Waals surface area contributed by atoms with Crippen LogP contribution in [-0.4, -0.2) is 36.8 Å². The molecule has 0 aliphatic heterocycles. The molecule has 2 N–H and O–H groups in total. The molecule has 1 aromatic carbocycles. The van der Waals surface area contributed by atoms with Crippen molar-refractivity contribution in [2.75, 3.05) is 0 Å². The zero-order valence-electron chi connectivity index (χ0n) is 16.2. The summed E-state index contributed by atoms with van der Waals surface area (Å²) in [6.07, 6.45) is 4.31. The standard InChI is InChI=1S/C20H22N6O2S/c1-3-13-26-17(15-9-11-21-12-10-15)22-25-20(26)29-14(2)18(27)23-24-19(28)16-7-5-4-6-8-16/h4-12,14H,3,13H2,1-2H3,(H,23,27)(H,24,28)/t14-/m0/s1. The average molecular weight is 411 g/mol. The Bertz CT molecular complexity index is 962. The molecule has 0 bridgehead atoms. The van der Waals surface area contributed by atoms with E-state index in [1.54, 1.807) is 43.6 Å². The van der Waals surface area contributed by atoms with Gasteiger partial charge >= 0.3 is 0 Å². The lowest BCUT2D eigenvalue weighted by molar-refractivity contribution is -0.121. The fourth-order valence-electron chi connectivity index (χ4n) is 2.61. The third-order valence-corrected chi connectivity index (χ3v) is 5.17. The first kappa shape index (κ1) is 20.5. The molecule has 9 heteroatoms. The van der Waals surface area contributed by atoms with Gasteiger partial charge in [-0.25, -0.2) is 0 Å². The van der Waals surface area contributed by atoms with Crippen molar-refractivity contribution in [3.8, 4) is 11.4 Å². The number of hydrogen-bond donors (Lipinski definition) is 2. The number of aromatic nitrogens is 4. The largest absolute Gasteiger partial charge is 0.302 e. The Morgan fingerprint density at radius 1 is 1.07 bits per heavy atom. The Morgan fingerprint density at radius 3 is 2.48 bits per heavy atom. The van der Waals surface area contributed by atoms with Crippen LogP contribution < -0.4 is 10.9 Å². The van der Waals surface area contributed by atoms with Gasteiger partial charge in [0.05, 0.1) is 5.25 Å². The van der Waals surface area contributed by atoms with E-state index in [9.17, 15) is 9.59 Å². The molecule has 29 heavy (non-hydrogen) atoms. The van der Waals surface area contributed by atoms with Crippen molar-refractivity contribution in [2.45, 2.75) is 37.2 Å². The first-order valence-electron chi connectivity index (χ1n) is 9.25. The summed E-state index contributed by atoms with van der Waals surface area (Å²) in [5.41, 5.74) is 6.29. The van der Waals surface area contributed by atoms with Crippen LogP contribution in [0.1, 0.15) is 30.6 Å². The number of amides is 2. The zero-order chi connectivity index (χ0) is 20.6. The number of hydrogen-bond acceptors (Lipinski definition) is 6. The van der Waals surface area contributed by atoms with Crippen LogP contribution in [0.25, 0.3) is 11.4 Å². The highest BCUT2D eigenvalue weighted by atomic mass is 32.2. The van der Waals surface area contributed by atoms with E-state index < -0.39 is 5.25 Å². The summed E-state index contributed by atoms with van der Waals surface area (Å²) in [4.78, 5) is 28.5. The van der Waals surface area contributed by atoms with E-state index >= 15 is 0 Å². The fourth-order valence-corrected chi connectivity index (χ4v) is 3.48. The number of carbonyl (C=O) groups excluding carboxylic acids is 2. The molecule has 0 aliphatic rings. The summed E-state index contributed by atoms with van der Waals surface area (Å²) in [7, 11) is 0. The van der Waals surface area contributed by atoms with Crippen LogP contribution in [0.4, 0.5) is 0 Å². The van der Waals surface area contributed by atoms with Crippen LogP contribution in [0, 0.1) is 0 Å². The van der Waals surface area contributed by atoms with Gasteiger partial charge in [0.25, 0.3) is 11.8 Å². The van der Waals surface area contributed by atoms with Crippen molar-refractivity contribution in [3.05, 3.63) is 60.4 Å². The molecule has 3 rings (SSSR count). The molecule has 0 saturated heterocycles. The van der Waals surface area contributed by atoms with Crippen LogP contribution >= 0.6 is 11.8 Å². The van der Waals surface area contributed by atoms with Crippen molar-refractivity contribution in [2.24, 2.45) is 0 Å². The number of benzene rings is 1. The van der Waals surface area contributed by atoms with E-state index in [2.05, 4.69) is 33.0 Å². The molecule has 0 spiro atoms. The first-order valence-corrected chi connectivity index (χ1v) is 10.1. The van der Waals surface area contributed by atoms with Gasteiger partial charge in [-0.15, -0.1) is 10.2 Å². The van der Waals surface area contributed by atoms with Crippen LogP contribution in [0.3, 0.4) is 0 Å². The minimum Gasteiger partial charge on any atom is -0.302 e. The predicted molar refractivity (Wildman–Crippen MR) is 111 cm³/mol. The van der Waals surface area contributed by atoms with Crippen LogP contribution in [-0.2, 0) is 11.3 Å². The van der Waals surface area contributed by atoms with E-state index in [4.69, 9.17) is 0 Å². The van der Waals surface area contributed by atoms with Crippen LogP contribution in [0.15, 0.2) is 60.0 Å². The molecular weight excluding hydrogens is 388 g/mol. The Kier molecular flexibility index (Phi) is 6.96. The molecule has 3 aromatic rings. The Balaban J connectivity index is 1.65. The van der Waals surface area contributed by atoms with Crippen LogP contribution in [0.2, 0.25) is 0 Å². The Morgan fingerprint density at radius 2 is 1.79 bits per heavy atom. The van der Waals surface area contributed by atoms with Gasteiger partial charge in [-0.3, -0.25) is 25.4 Å². The highest BCUT2D eigenvalue weighted by Crippen LogP contribution is 2.26. The summed E-state index contributed by atoms with van der Waals surface area (Å²) in [6.45, 7) is 4.55. The van der Waals surface area contributed by atoms with E-state index in [1.165, 1.54) is 11.8 Å². The molecule has 0 radical (unpaired) electrons. The van der Waals surface area contributed by atoms with Gasteiger partial charge in [0, 0.05) is 30.1 Å². The van der Waals surface area contributed by atoms with Gasteiger partial charge < -0.3 is 4.57 Å². The number of pyridine rings is 1. The second kappa shape index (κ2) is 9.83. The highest BCUT2D eigenvalue weighted by molar-refractivity contribution is 8.00. The zero-order valence-corrected chi connectivity index (χ0v) is 17.0. The summed E-state index contributed by atoms with van der Waals surface area (Å²) >= 11 is 1.29.